The van der Waals surface area contributed by atoms with Crippen LogP contribution in [0.1, 0.15) is 132 Å². The van der Waals surface area contributed by atoms with Crippen LogP contribution in [0.15, 0.2) is 164 Å². The molecule has 2 aliphatic heterocycles. The van der Waals surface area contributed by atoms with Gasteiger partial charge in [-0.15, -0.1) is 0 Å². The van der Waals surface area contributed by atoms with Crippen molar-refractivity contribution in [3.63, 3.8) is 0 Å². The van der Waals surface area contributed by atoms with E-state index in [2.05, 4.69) is 273 Å². The van der Waals surface area contributed by atoms with Gasteiger partial charge in [-0.3, -0.25) is 0 Å². The van der Waals surface area contributed by atoms with Gasteiger partial charge in [-0.1, -0.05) is 243 Å². The Kier molecular flexibility index (Phi) is 11.5. The molecule has 0 unspecified atom stereocenters. The third kappa shape index (κ3) is 8.96. The molecule has 0 radical (unpaired) electrons. The zero-order valence-corrected chi connectivity index (χ0v) is 45.0. The van der Waals surface area contributed by atoms with Crippen molar-refractivity contribution in [3.05, 3.63) is 192 Å². The highest BCUT2D eigenvalue weighted by Crippen LogP contribution is 2.51. The fourth-order valence-corrected chi connectivity index (χ4v) is 10.6. The molecule has 0 spiro atoms. The molecule has 71 heavy (non-hydrogen) atoms. The van der Waals surface area contributed by atoms with Crippen LogP contribution in [0.3, 0.4) is 0 Å². The number of rotatable bonds is 5. The lowest BCUT2D eigenvalue weighted by atomic mass is 9.34. The zero-order valence-electron chi connectivity index (χ0n) is 45.0. The molecule has 0 aromatic heterocycles. The molecule has 3 heteroatoms. The van der Waals surface area contributed by atoms with Crippen LogP contribution in [0.25, 0.3) is 44.5 Å². The first-order valence-corrected chi connectivity index (χ1v) is 25.9. The topological polar surface area (TPSA) is 12.5 Å². The Morgan fingerprint density at radius 3 is 1.20 bits per heavy atom. The maximum Gasteiger partial charge on any atom is 0.256 e. The SMILES string of the molecule is CC(C)(C)c1cc(-c2ccc3c(c2)Oc2cc(C(C)(C)C)cc4c2B3c2ccc(-c3cc(C(C)(C)C)cc(C(C)(C)C)c3)cc2N4c2c(-c3ccccc3)cccc2-c2ccccc2)cc(C(C)(C)C)c1. The van der Waals surface area contributed by atoms with E-state index in [4.69, 9.17) is 4.74 Å². The largest absolute Gasteiger partial charge is 0.458 e. The summed E-state index contributed by atoms with van der Waals surface area (Å²) in [5.41, 5.74) is 23.1. The van der Waals surface area contributed by atoms with Gasteiger partial charge in [0, 0.05) is 22.5 Å². The van der Waals surface area contributed by atoms with E-state index < -0.39 is 0 Å². The van der Waals surface area contributed by atoms with Gasteiger partial charge in [-0.25, -0.2) is 0 Å². The van der Waals surface area contributed by atoms with Crippen LogP contribution in [0.2, 0.25) is 0 Å². The molecule has 8 aromatic carbocycles. The number of hydrogen-bond donors (Lipinski definition) is 0. The third-order valence-electron chi connectivity index (χ3n) is 15.1. The van der Waals surface area contributed by atoms with Crippen LogP contribution < -0.4 is 26.0 Å². The van der Waals surface area contributed by atoms with Crippen molar-refractivity contribution in [3.8, 4) is 56.0 Å². The third-order valence-corrected chi connectivity index (χ3v) is 15.1. The van der Waals surface area contributed by atoms with Gasteiger partial charge in [-0.05, 0) is 129 Å². The molecule has 0 aliphatic carbocycles. The van der Waals surface area contributed by atoms with E-state index in [0.717, 1.165) is 22.9 Å². The molecule has 0 N–H and O–H groups in total. The van der Waals surface area contributed by atoms with Crippen LogP contribution in [-0.2, 0) is 27.1 Å². The average Bonchev–Trinajstić information content (AvgIpc) is 3.32. The van der Waals surface area contributed by atoms with Crippen molar-refractivity contribution >= 4 is 40.2 Å². The number of nitrogens with zero attached hydrogens (tertiary/aromatic N) is 1. The molecule has 8 aromatic rings. The lowest BCUT2D eigenvalue weighted by molar-refractivity contribution is 0.483. The Labute approximate surface area is 426 Å². The molecular weight excluding hydrogens is 858 g/mol. The highest BCUT2D eigenvalue weighted by molar-refractivity contribution is 6.99. The lowest BCUT2D eigenvalue weighted by Gasteiger charge is -2.42. The summed E-state index contributed by atoms with van der Waals surface area (Å²) < 4.78 is 7.40. The van der Waals surface area contributed by atoms with Gasteiger partial charge in [0.1, 0.15) is 11.5 Å². The van der Waals surface area contributed by atoms with E-state index in [-0.39, 0.29) is 33.8 Å². The van der Waals surface area contributed by atoms with Crippen molar-refractivity contribution in [2.24, 2.45) is 0 Å². The minimum Gasteiger partial charge on any atom is -0.458 e. The number of benzene rings is 8. The summed E-state index contributed by atoms with van der Waals surface area (Å²) in [6.07, 6.45) is 0. The first kappa shape index (κ1) is 48.1. The minimum absolute atomic E-state index is 0.00215. The molecule has 0 saturated carbocycles. The summed E-state index contributed by atoms with van der Waals surface area (Å²) in [5, 5.41) is 0. The van der Waals surface area contributed by atoms with Gasteiger partial charge in [0.25, 0.3) is 6.71 Å². The second-order valence-electron chi connectivity index (χ2n) is 25.6. The first-order valence-electron chi connectivity index (χ1n) is 25.9. The van der Waals surface area contributed by atoms with Gasteiger partial charge in [0.2, 0.25) is 0 Å². The molecule has 2 aliphatic rings. The molecule has 0 amide bonds. The summed E-state index contributed by atoms with van der Waals surface area (Å²) in [7, 11) is 0. The predicted octanol–water partition coefficient (Wildman–Crippen LogP) is 17.2. The quantitative estimate of drug-likeness (QED) is 0.160. The number of para-hydroxylation sites is 1. The summed E-state index contributed by atoms with van der Waals surface area (Å²) in [5.74, 6) is 1.84. The first-order chi connectivity index (χ1) is 33.3. The highest BCUT2D eigenvalue weighted by atomic mass is 16.5. The fourth-order valence-electron chi connectivity index (χ4n) is 10.6. The van der Waals surface area contributed by atoms with E-state index in [1.807, 2.05) is 0 Å². The Balaban J connectivity index is 1.29. The smallest absolute Gasteiger partial charge is 0.256 e. The van der Waals surface area contributed by atoms with Crippen molar-refractivity contribution < 1.29 is 4.74 Å². The van der Waals surface area contributed by atoms with Gasteiger partial charge in [0.05, 0.1) is 5.69 Å². The lowest BCUT2D eigenvalue weighted by Crippen LogP contribution is -2.59. The highest BCUT2D eigenvalue weighted by Gasteiger charge is 2.44. The molecule has 0 saturated heterocycles. The van der Waals surface area contributed by atoms with E-state index in [1.165, 1.54) is 94.4 Å². The molecule has 358 valence electrons. The Hall–Kier alpha value is -6.58. The van der Waals surface area contributed by atoms with Gasteiger partial charge in [-0.2, -0.15) is 0 Å². The van der Waals surface area contributed by atoms with Crippen LogP contribution in [0.4, 0.5) is 17.1 Å². The van der Waals surface area contributed by atoms with Crippen molar-refractivity contribution in [2.45, 2.75) is 131 Å². The summed E-state index contributed by atoms with van der Waals surface area (Å²) in [4.78, 5) is 2.61. The standard InChI is InChI=1S/C68H72BNO/c1-64(2,3)49-33-47(34-50(39-49)65(4,5)6)45-29-31-56-58(37-45)70(63-54(43-23-18-16-19-24-43)27-22-28-55(63)44-25-20-17-21-26-44)59-41-53(68(13,14)15)42-61-62(59)69(56)57-32-30-46(38-60(57)71-61)48-35-51(66(7,8)9)40-52(36-48)67(10,11)12/h16-42H,1-15H3. The second kappa shape index (κ2) is 17.0. The van der Waals surface area contributed by atoms with Crippen LogP contribution in [-0.4, -0.2) is 6.71 Å². The van der Waals surface area contributed by atoms with Crippen LogP contribution >= 0.6 is 0 Å². The predicted molar refractivity (Wildman–Crippen MR) is 308 cm³/mol. The molecule has 10 rings (SSSR count). The number of ether oxygens (including phenoxy) is 1. The van der Waals surface area contributed by atoms with Crippen LogP contribution in [0.5, 0.6) is 11.5 Å². The van der Waals surface area contributed by atoms with Crippen molar-refractivity contribution in [1.29, 1.82) is 0 Å². The van der Waals surface area contributed by atoms with Gasteiger partial charge in [0.15, 0.2) is 0 Å². The summed E-state index contributed by atoms with van der Waals surface area (Å²) in [6, 6.07) is 62.4. The van der Waals surface area contributed by atoms with Gasteiger partial charge < -0.3 is 9.64 Å². The van der Waals surface area contributed by atoms with E-state index >= 15 is 0 Å². The number of fused-ring (bicyclic) bond motifs is 4. The summed E-state index contributed by atoms with van der Waals surface area (Å²) >= 11 is 0. The average molecular weight is 930 g/mol. The second-order valence-corrected chi connectivity index (χ2v) is 25.6. The molecule has 0 fully saturated rings. The van der Waals surface area contributed by atoms with Crippen molar-refractivity contribution in [1.82, 2.24) is 0 Å². The van der Waals surface area contributed by atoms with Gasteiger partial charge >= 0.3 is 0 Å². The number of anilines is 3. The van der Waals surface area contributed by atoms with E-state index in [9.17, 15) is 0 Å². The Morgan fingerprint density at radius 1 is 0.324 bits per heavy atom. The molecule has 2 nitrogen and oxygen atoms in total. The molecular formula is C68H72BNO. The molecule has 0 bridgehead atoms. The Morgan fingerprint density at radius 2 is 0.746 bits per heavy atom. The van der Waals surface area contributed by atoms with E-state index in [1.54, 1.807) is 0 Å². The Bertz CT molecular complexity index is 3220. The molecule has 0 atom stereocenters. The van der Waals surface area contributed by atoms with Crippen molar-refractivity contribution in [2.75, 3.05) is 4.90 Å². The monoisotopic (exact) mass is 930 g/mol. The van der Waals surface area contributed by atoms with Crippen LogP contribution in [0, 0.1) is 0 Å². The zero-order chi connectivity index (χ0) is 50.6. The van der Waals surface area contributed by atoms with E-state index in [0.29, 0.717) is 0 Å². The maximum absolute atomic E-state index is 7.40. The summed E-state index contributed by atoms with van der Waals surface area (Å²) in [6.45, 7) is 34.8. The maximum atomic E-state index is 7.40. The number of hydrogen-bond acceptors (Lipinski definition) is 2. The molecule has 2 heterocycles. The fraction of sp³-hybridized carbons (Fsp3) is 0.294. The minimum atomic E-state index is -0.172. The normalized spacial score (nSPS) is 13.6.